The fourth-order valence-electron chi connectivity index (χ4n) is 2.02. The lowest BCUT2D eigenvalue weighted by atomic mass is 10.2. The van der Waals surface area contributed by atoms with Crippen LogP contribution in [0.3, 0.4) is 0 Å². The molecule has 1 atom stereocenters. The SMILES string of the molecule is C=CC1CCC(=O)N1[Si](C)(C)C(C)(C)C. The smallest absolute Gasteiger partial charge is 0.215 e. The summed E-state index contributed by atoms with van der Waals surface area (Å²) >= 11 is 0. The maximum atomic E-state index is 11.9. The van der Waals surface area contributed by atoms with Gasteiger partial charge in [0.1, 0.15) is 0 Å². The number of amides is 1. The zero-order valence-corrected chi connectivity index (χ0v) is 11.6. The van der Waals surface area contributed by atoms with Gasteiger partial charge in [-0.05, 0) is 11.5 Å². The summed E-state index contributed by atoms with van der Waals surface area (Å²) in [6, 6.07) is 0.276. The van der Waals surface area contributed by atoms with Crippen molar-refractivity contribution in [1.82, 2.24) is 4.57 Å². The van der Waals surface area contributed by atoms with Crippen LogP contribution >= 0.6 is 0 Å². The number of rotatable bonds is 2. The van der Waals surface area contributed by atoms with Gasteiger partial charge in [0.05, 0.1) is 0 Å². The van der Waals surface area contributed by atoms with Crippen molar-refractivity contribution in [2.75, 3.05) is 0 Å². The van der Waals surface area contributed by atoms with Gasteiger partial charge in [-0.15, -0.1) is 6.58 Å². The zero-order chi connectivity index (χ0) is 11.9. The van der Waals surface area contributed by atoms with Crippen molar-refractivity contribution in [3.63, 3.8) is 0 Å². The first-order chi connectivity index (χ1) is 6.71. The molecule has 0 radical (unpaired) electrons. The first-order valence-electron chi connectivity index (χ1n) is 5.66. The second-order valence-corrected chi connectivity index (χ2v) is 11.0. The van der Waals surface area contributed by atoms with Crippen LogP contribution in [0.25, 0.3) is 0 Å². The molecule has 0 N–H and O–H groups in total. The van der Waals surface area contributed by atoms with Gasteiger partial charge >= 0.3 is 0 Å². The first-order valence-corrected chi connectivity index (χ1v) is 8.61. The van der Waals surface area contributed by atoms with Crippen LogP contribution in [0, 0.1) is 0 Å². The molecule has 1 heterocycles. The van der Waals surface area contributed by atoms with Crippen molar-refractivity contribution in [2.24, 2.45) is 0 Å². The molecule has 0 spiro atoms. The predicted molar refractivity (Wildman–Crippen MR) is 67.3 cm³/mol. The van der Waals surface area contributed by atoms with Crippen molar-refractivity contribution in [3.05, 3.63) is 12.7 Å². The number of hydrogen-bond acceptors (Lipinski definition) is 1. The van der Waals surface area contributed by atoms with Crippen LogP contribution < -0.4 is 0 Å². The van der Waals surface area contributed by atoms with E-state index < -0.39 is 8.24 Å². The Morgan fingerprint density at radius 1 is 1.47 bits per heavy atom. The summed E-state index contributed by atoms with van der Waals surface area (Å²) in [6.07, 6.45) is 3.59. The Morgan fingerprint density at radius 2 is 2.00 bits per heavy atom. The van der Waals surface area contributed by atoms with Gasteiger partial charge in [0.2, 0.25) is 5.91 Å². The Hall–Kier alpha value is -0.573. The molecule has 1 saturated heterocycles. The van der Waals surface area contributed by atoms with Crippen LogP contribution in [0.1, 0.15) is 33.6 Å². The van der Waals surface area contributed by atoms with Gasteiger partial charge in [-0.25, -0.2) is 0 Å². The highest BCUT2D eigenvalue weighted by atomic mass is 28.3. The van der Waals surface area contributed by atoms with Crippen molar-refractivity contribution >= 4 is 14.1 Å². The molecule has 1 rings (SSSR count). The van der Waals surface area contributed by atoms with Gasteiger partial charge < -0.3 is 4.57 Å². The third-order valence-corrected chi connectivity index (χ3v) is 9.42. The van der Waals surface area contributed by atoms with E-state index in [1.807, 2.05) is 6.08 Å². The molecule has 86 valence electrons. The van der Waals surface area contributed by atoms with Crippen LogP contribution in [-0.4, -0.2) is 24.7 Å². The topological polar surface area (TPSA) is 20.3 Å². The van der Waals surface area contributed by atoms with E-state index in [1.54, 1.807) is 0 Å². The Bertz CT molecular complexity index is 278. The minimum Gasteiger partial charge on any atom is -0.363 e. The molecule has 0 aromatic rings. The molecule has 0 aromatic heterocycles. The summed E-state index contributed by atoms with van der Waals surface area (Å²) in [7, 11) is -1.71. The summed E-state index contributed by atoms with van der Waals surface area (Å²) in [5.41, 5.74) is 0. The minimum atomic E-state index is -1.71. The van der Waals surface area contributed by atoms with Crippen LogP contribution in [-0.2, 0) is 4.79 Å². The van der Waals surface area contributed by atoms with E-state index in [4.69, 9.17) is 0 Å². The summed E-state index contributed by atoms with van der Waals surface area (Å²) < 4.78 is 2.15. The van der Waals surface area contributed by atoms with Crippen molar-refractivity contribution < 1.29 is 4.79 Å². The minimum absolute atomic E-state index is 0.217. The Labute approximate surface area is 94.4 Å². The lowest BCUT2D eigenvalue weighted by Gasteiger charge is -2.46. The second-order valence-electron chi connectivity index (χ2n) is 5.91. The average molecular weight is 225 g/mol. The highest BCUT2D eigenvalue weighted by Crippen LogP contribution is 2.41. The third kappa shape index (κ3) is 2.02. The number of carbonyl (C=O) groups is 1. The fraction of sp³-hybridized carbons (Fsp3) is 0.750. The van der Waals surface area contributed by atoms with Gasteiger partial charge in [0.25, 0.3) is 0 Å². The van der Waals surface area contributed by atoms with E-state index in [2.05, 4.69) is 45.0 Å². The number of nitrogens with zero attached hydrogens (tertiary/aromatic N) is 1. The third-order valence-electron chi connectivity index (χ3n) is 3.96. The van der Waals surface area contributed by atoms with E-state index in [0.29, 0.717) is 12.3 Å². The van der Waals surface area contributed by atoms with Gasteiger partial charge in [-0.2, -0.15) is 0 Å². The molecule has 0 aliphatic carbocycles. The van der Waals surface area contributed by atoms with Crippen LogP contribution in [0.2, 0.25) is 18.1 Å². The predicted octanol–water partition coefficient (Wildman–Crippen LogP) is 3.17. The Kier molecular flexibility index (Phi) is 3.15. The van der Waals surface area contributed by atoms with E-state index in [0.717, 1.165) is 6.42 Å². The molecule has 1 aliphatic rings. The van der Waals surface area contributed by atoms with Gasteiger partial charge in [0.15, 0.2) is 8.24 Å². The lowest BCUT2D eigenvalue weighted by Crippen LogP contribution is -2.58. The molecule has 2 nitrogen and oxygen atoms in total. The van der Waals surface area contributed by atoms with Crippen LogP contribution in [0.4, 0.5) is 0 Å². The molecular formula is C12H23NOSi. The normalized spacial score (nSPS) is 23.4. The summed E-state index contributed by atoms with van der Waals surface area (Å²) in [4.78, 5) is 11.9. The quantitative estimate of drug-likeness (QED) is 0.522. The molecule has 1 fully saturated rings. The maximum absolute atomic E-state index is 11.9. The second kappa shape index (κ2) is 3.78. The van der Waals surface area contributed by atoms with Gasteiger partial charge in [-0.1, -0.05) is 39.9 Å². The summed E-state index contributed by atoms with van der Waals surface area (Å²) in [5.74, 6) is 0.325. The van der Waals surface area contributed by atoms with E-state index in [-0.39, 0.29) is 11.1 Å². The highest BCUT2D eigenvalue weighted by molar-refractivity contribution is 6.79. The standard InChI is InChI=1S/C12H23NOSi/c1-7-10-8-9-11(14)13(10)15(5,6)12(2,3)4/h7,10H,1,8-9H2,2-6H3. The molecule has 0 saturated carbocycles. The highest BCUT2D eigenvalue weighted by Gasteiger charge is 2.47. The molecular weight excluding hydrogens is 202 g/mol. The van der Waals surface area contributed by atoms with Gasteiger partial charge in [-0.3, -0.25) is 4.79 Å². The number of hydrogen-bond donors (Lipinski definition) is 0. The molecule has 15 heavy (non-hydrogen) atoms. The molecule has 1 amide bonds. The first kappa shape index (κ1) is 12.5. The monoisotopic (exact) mass is 225 g/mol. The molecule has 3 heteroatoms. The maximum Gasteiger partial charge on any atom is 0.215 e. The van der Waals surface area contributed by atoms with Crippen molar-refractivity contribution in [1.29, 1.82) is 0 Å². The van der Waals surface area contributed by atoms with E-state index >= 15 is 0 Å². The Balaban J connectivity index is 3.04. The summed E-state index contributed by atoms with van der Waals surface area (Å²) in [6.45, 7) is 15.1. The van der Waals surface area contributed by atoms with Crippen molar-refractivity contribution in [3.8, 4) is 0 Å². The van der Waals surface area contributed by atoms with Gasteiger partial charge in [0, 0.05) is 12.5 Å². The molecule has 1 unspecified atom stereocenters. The van der Waals surface area contributed by atoms with E-state index in [1.165, 1.54) is 0 Å². The fourth-order valence-corrected chi connectivity index (χ4v) is 4.54. The molecule has 1 aliphatic heterocycles. The van der Waals surface area contributed by atoms with Crippen LogP contribution in [0.5, 0.6) is 0 Å². The van der Waals surface area contributed by atoms with Crippen molar-refractivity contribution in [2.45, 2.75) is 57.8 Å². The molecule has 0 bridgehead atoms. The van der Waals surface area contributed by atoms with Crippen LogP contribution in [0.15, 0.2) is 12.7 Å². The molecule has 0 aromatic carbocycles. The lowest BCUT2D eigenvalue weighted by molar-refractivity contribution is -0.124. The largest absolute Gasteiger partial charge is 0.363 e. The summed E-state index contributed by atoms with van der Waals surface area (Å²) in [5, 5.41) is 0.217. The van der Waals surface area contributed by atoms with E-state index in [9.17, 15) is 4.79 Å². The average Bonchev–Trinajstić information content (AvgIpc) is 2.44. The zero-order valence-electron chi connectivity index (χ0n) is 10.6. The number of carbonyl (C=O) groups excluding carboxylic acids is 1. The Morgan fingerprint density at radius 3 is 2.40 bits per heavy atom.